The Hall–Kier alpha value is -2.71. The highest BCUT2D eigenvalue weighted by Gasteiger charge is 2.27. The van der Waals surface area contributed by atoms with Gasteiger partial charge < -0.3 is 0 Å². The highest BCUT2D eigenvalue weighted by Crippen LogP contribution is 2.23. The van der Waals surface area contributed by atoms with E-state index in [1.54, 1.807) is 23.7 Å². The van der Waals surface area contributed by atoms with Gasteiger partial charge in [-0.25, -0.2) is 18.1 Å². The molecule has 0 atom stereocenters. The van der Waals surface area contributed by atoms with Crippen molar-refractivity contribution in [3.8, 4) is 0 Å². The van der Waals surface area contributed by atoms with Crippen LogP contribution in [0, 0.1) is 6.92 Å². The van der Waals surface area contributed by atoms with Crippen molar-refractivity contribution >= 4 is 27.0 Å². The number of hydrogen-bond acceptors (Lipinski definition) is 4. The second-order valence-corrected chi connectivity index (χ2v) is 8.92. The van der Waals surface area contributed by atoms with Crippen LogP contribution in [0.15, 0.2) is 53.7 Å². The van der Waals surface area contributed by atoms with E-state index in [9.17, 15) is 13.2 Å². The van der Waals surface area contributed by atoms with E-state index < -0.39 is 10.0 Å². The number of benzene rings is 2. The average molecular weight is 398 g/mol. The second-order valence-electron chi connectivity index (χ2n) is 6.99. The number of fused-ring (bicyclic) bond motifs is 1. The molecule has 2 aromatic carbocycles. The van der Waals surface area contributed by atoms with Gasteiger partial charge in [-0.05, 0) is 49.6 Å². The van der Waals surface area contributed by atoms with Gasteiger partial charge in [0.15, 0.2) is 0 Å². The summed E-state index contributed by atoms with van der Waals surface area (Å²) in [6, 6.07) is 12.2. The Morgan fingerprint density at radius 2 is 1.82 bits per heavy atom. The number of nitrogens with one attached hydrogen (secondary N) is 1. The Bertz CT molecular complexity index is 1130. The number of carbonyl (C=O) groups is 1. The zero-order valence-corrected chi connectivity index (χ0v) is 16.4. The molecule has 2 heterocycles. The van der Waals surface area contributed by atoms with Gasteiger partial charge >= 0.3 is 0 Å². The number of imidazole rings is 1. The molecule has 1 amide bonds. The van der Waals surface area contributed by atoms with Gasteiger partial charge in [-0.15, -0.1) is 0 Å². The first-order valence-corrected chi connectivity index (χ1v) is 10.7. The normalized spacial score (nSPS) is 15.6. The minimum Gasteiger partial charge on any atom is -0.267 e. The summed E-state index contributed by atoms with van der Waals surface area (Å²) in [6.07, 6.45) is 4.32. The van der Waals surface area contributed by atoms with Gasteiger partial charge in [0.05, 0.1) is 15.9 Å². The Labute approximate surface area is 164 Å². The maximum Gasteiger partial charge on any atom is 0.270 e. The van der Waals surface area contributed by atoms with Crippen LogP contribution >= 0.6 is 0 Å². The zero-order chi connectivity index (χ0) is 19.7. The molecule has 0 spiro atoms. The van der Waals surface area contributed by atoms with Crippen molar-refractivity contribution in [1.82, 2.24) is 14.0 Å². The maximum atomic E-state index is 12.9. The average Bonchev–Trinajstić information content (AvgIpc) is 3.11. The minimum absolute atomic E-state index is 0.153. The lowest BCUT2D eigenvalue weighted by atomic mass is 10.1. The first kappa shape index (κ1) is 18.6. The van der Waals surface area contributed by atoms with Gasteiger partial charge in [-0.3, -0.25) is 10.2 Å². The summed E-state index contributed by atoms with van der Waals surface area (Å²) in [5.41, 5.74) is 5.36. The summed E-state index contributed by atoms with van der Waals surface area (Å²) in [5.74, 6) is -0.378. The van der Waals surface area contributed by atoms with Crippen molar-refractivity contribution < 1.29 is 13.2 Å². The van der Waals surface area contributed by atoms with Crippen LogP contribution < -0.4 is 5.43 Å². The number of piperidine rings is 1. The summed E-state index contributed by atoms with van der Waals surface area (Å²) < 4.78 is 28.9. The Morgan fingerprint density at radius 1 is 1.07 bits per heavy atom. The van der Waals surface area contributed by atoms with Crippen molar-refractivity contribution in [2.24, 2.45) is 0 Å². The predicted molar refractivity (Wildman–Crippen MR) is 107 cm³/mol. The van der Waals surface area contributed by atoms with E-state index in [2.05, 4.69) is 10.4 Å². The van der Waals surface area contributed by atoms with Crippen LogP contribution in [0.25, 0.3) is 11.0 Å². The lowest BCUT2D eigenvalue weighted by Crippen LogP contribution is -2.35. The van der Waals surface area contributed by atoms with E-state index in [0.717, 1.165) is 30.3 Å². The molecule has 1 N–H and O–H groups in total. The van der Waals surface area contributed by atoms with Crippen LogP contribution in [0.4, 0.5) is 0 Å². The van der Waals surface area contributed by atoms with Crippen molar-refractivity contribution in [2.75, 3.05) is 18.5 Å². The lowest BCUT2D eigenvalue weighted by Gasteiger charge is -2.26. The minimum atomic E-state index is -3.60. The van der Waals surface area contributed by atoms with Crippen LogP contribution in [0.2, 0.25) is 0 Å². The van der Waals surface area contributed by atoms with E-state index in [1.165, 1.54) is 16.7 Å². The van der Waals surface area contributed by atoms with Gasteiger partial charge in [-0.1, -0.05) is 24.6 Å². The number of para-hydroxylation sites is 2. The second kappa shape index (κ2) is 7.37. The van der Waals surface area contributed by atoms with E-state index in [1.807, 2.05) is 24.3 Å². The molecule has 0 unspecified atom stereocenters. The van der Waals surface area contributed by atoms with Crippen LogP contribution in [0.3, 0.4) is 0 Å². The predicted octanol–water partition coefficient (Wildman–Crippen LogP) is 2.90. The number of sulfonamides is 1. The summed E-state index contributed by atoms with van der Waals surface area (Å²) >= 11 is 0. The number of carbonyl (C=O) groups excluding carboxylic acids is 1. The molecule has 1 saturated heterocycles. The molecule has 28 heavy (non-hydrogen) atoms. The molecule has 1 aliphatic rings. The van der Waals surface area contributed by atoms with Gasteiger partial charge in [-0.2, -0.15) is 4.31 Å². The maximum absolute atomic E-state index is 12.9. The number of aromatic nitrogens is 2. The summed E-state index contributed by atoms with van der Waals surface area (Å²) in [6.45, 7) is 2.84. The van der Waals surface area contributed by atoms with Gasteiger partial charge in [0.2, 0.25) is 10.0 Å². The number of rotatable bonds is 4. The molecule has 8 heteroatoms. The van der Waals surface area contributed by atoms with E-state index in [-0.39, 0.29) is 10.8 Å². The van der Waals surface area contributed by atoms with Crippen LogP contribution in [-0.2, 0) is 10.0 Å². The molecule has 1 aliphatic heterocycles. The lowest BCUT2D eigenvalue weighted by molar-refractivity contribution is 0.101. The summed E-state index contributed by atoms with van der Waals surface area (Å²) in [5, 5.41) is 0. The molecule has 1 fully saturated rings. The zero-order valence-electron chi connectivity index (χ0n) is 15.6. The summed E-state index contributed by atoms with van der Waals surface area (Å²) in [4.78, 5) is 17.3. The van der Waals surface area contributed by atoms with Gasteiger partial charge in [0, 0.05) is 18.7 Å². The van der Waals surface area contributed by atoms with Gasteiger partial charge in [0.1, 0.15) is 6.33 Å². The molecule has 146 valence electrons. The molecule has 0 saturated carbocycles. The third kappa shape index (κ3) is 3.41. The Kier molecular flexibility index (Phi) is 4.91. The fraction of sp³-hybridized carbons (Fsp3) is 0.300. The highest BCUT2D eigenvalue weighted by atomic mass is 32.2. The number of nitrogens with zero attached hydrogens (tertiary/aromatic N) is 3. The molecule has 7 nitrogen and oxygen atoms in total. The molecule has 1 aromatic heterocycles. The molecule has 3 aromatic rings. The fourth-order valence-electron chi connectivity index (χ4n) is 3.48. The van der Waals surface area contributed by atoms with E-state index >= 15 is 0 Å². The highest BCUT2D eigenvalue weighted by molar-refractivity contribution is 7.89. The van der Waals surface area contributed by atoms with Gasteiger partial charge in [0.25, 0.3) is 5.91 Å². The third-order valence-electron chi connectivity index (χ3n) is 5.08. The monoisotopic (exact) mass is 398 g/mol. The fourth-order valence-corrected chi connectivity index (χ4v) is 5.02. The molecule has 4 rings (SSSR count). The van der Waals surface area contributed by atoms with E-state index in [4.69, 9.17) is 0 Å². The number of aryl methyl sites for hydroxylation is 1. The molecular weight excluding hydrogens is 376 g/mol. The van der Waals surface area contributed by atoms with Crippen LogP contribution in [0.5, 0.6) is 0 Å². The smallest absolute Gasteiger partial charge is 0.267 e. The van der Waals surface area contributed by atoms with E-state index in [0.29, 0.717) is 24.2 Å². The Morgan fingerprint density at radius 3 is 2.61 bits per heavy atom. The molecule has 0 aliphatic carbocycles. The van der Waals surface area contributed by atoms with Crippen LogP contribution in [-0.4, -0.2) is 41.4 Å². The van der Waals surface area contributed by atoms with Crippen molar-refractivity contribution in [3.63, 3.8) is 0 Å². The van der Waals surface area contributed by atoms with Crippen molar-refractivity contribution in [1.29, 1.82) is 0 Å². The summed E-state index contributed by atoms with van der Waals surface area (Å²) in [7, 11) is -3.60. The van der Waals surface area contributed by atoms with Crippen LogP contribution in [0.1, 0.15) is 35.2 Å². The van der Waals surface area contributed by atoms with Crippen molar-refractivity contribution in [3.05, 3.63) is 59.9 Å². The molecule has 0 radical (unpaired) electrons. The molecule has 0 bridgehead atoms. The standard InChI is InChI=1S/C20H22N4O3S/c1-15-9-10-16(28(26,27)23-11-5-2-6-12-23)13-17(15)20(25)22-24-14-21-18-7-3-4-8-19(18)24/h3-4,7-10,13-14H,2,5-6,11-12H2,1H3,(H,22,25). The first-order valence-electron chi connectivity index (χ1n) is 9.31. The molecular formula is C20H22N4O3S. The number of hydrogen-bond donors (Lipinski definition) is 1. The largest absolute Gasteiger partial charge is 0.270 e. The first-order chi connectivity index (χ1) is 13.5. The Balaban J connectivity index is 1.64. The SMILES string of the molecule is Cc1ccc(S(=O)(=O)N2CCCCC2)cc1C(=O)Nn1cnc2ccccc21. The number of amides is 1. The quantitative estimate of drug-likeness (QED) is 0.732. The topological polar surface area (TPSA) is 84.3 Å². The third-order valence-corrected chi connectivity index (χ3v) is 6.98. The van der Waals surface area contributed by atoms with Crippen molar-refractivity contribution in [2.45, 2.75) is 31.1 Å².